The van der Waals surface area contributed by atoms with E-state index < -0.39 is 0 Å². The standard InChI is InChI=1S/C17H24N2O2/c1-12(2)9-15(17(20)19(3)4)18-10-13-11-21-16-8-6-5-7-14(13)16/h5-8,11-12,15,18H,9-10H2,1-4H3. The van der Waals surface area contributed by atoms with Gasteiger partial charge in [-0.1, -0.05) is 32.0 Å². The van der Waals surface area contributed by atoms with Crippen molar-refractivity contribution < 1.29 is 9.21 Å². The zero-order valence-corrected chi connectivity index (χ0v) is 13.2. The molecular formula is C17H24N2O2. The summed E-state index contributed by atoms with van der Waals surface area (Å²) in [6.07, 6.45) is 2.59. The number of hydrogen-bond acceptors (Lipinski definition) is 3. The van der Waals surface area contributed by atoms with E-state index in [9.17, 15) is 4.79 Å². The van der Waals surface area contributed by atoms with E-state index in [1.54, 1.807) is 25.3 Å². The highest BCUT2D eigenvalue weighted by atomic mass is 16.3. The summed E-state index contributed by atoms with van der Waals surface area (Å²) in [5.41, 5.74) is 1.97. The van der Waals surface area contributed by atoms with E-state index in [0.717, 1.165) is 23.0 Å². The van der Waals surface area contributed by atoms with Crippen LogP contribution in [-0.4, -0.2) is 30.9 Å². The van der Waals surface area contributed by atoms with Gasteiger partial charge in [-0.3, -0.25) is 4.79 Å². The second-order valence-corrected chi connectivity index (χ2v) is 6.05. The van der Waals surface area contributed by atoms with E-state index in [-0.39, 0.29) is 11.9 Å². The molecule has 1 aromatic heterocycles. The number of furan rings is 1. The van der Waals surface area contributed by atoms with Gasteiger partial charge in [-0.15, -0.1) is 0 Å². The first-order valence-electron chi connectivity index (χ1n) is 7.38. The summed E-state index contributed by atoms with van der Waals surface area (Å²) in [4.78, 5) is 13.9. The normalized spacial score (nSPS) is 12.8. The highest BCUT2D eigenvalue weighted by molar-refractivity contribution is 5.82. The number of benzene rings is 1. The molecule has 2 rings (SSSR count). The topological polar surface area (TPSA) is 45.5 Å². The Morgan fingerprint density at radius 2 is 2.00 bits per heavy atom. The fourth-order valence-corrected chi connectivity index (χ4v) is 2.46. The lowest BCUT2D eigenvalue weighted by Crippen LogP contribution is -2.44. The number of fused-ring (bicyclic) bond motifs is 1. The lowest BCUT2D eigenvalue weighted by Gasteiger charge is -2.23. The molecule has 0 aliphatic rings. The molecule has 1 amide bonds. The molecule has 1 unspecified atom stereocenters. The van der Waals surface area contributed by atoms with Crippen LogP contribution in [0.15, 0.2) is 34.9 Å². The van der Waals surface area contributed by atoms with Gasteiger partial charge in [0, 0.05) is 31.6 Å². The van der Waals surface area contributed by atoms with Gasteiger partial charge in [0.1, 0.15) is 5.58 Å². The van der Waals surface area contributed by atoms with Crippen LogP contribution in [0.4, 0.5) is 0 Å². The van der Waals surface area contributed by atoms with Crippen molar-refractivity contribution in [3.63, 3.8) is 0 Å². The number of carbonyl (C=O) groups is 1. The number of para-hydroxylation sites is 1. The molecule has 21 heavy (non-hydrogen) atoms. The summed E-state index contributed by atoms with van der Waals surface area (Å²) in [5, 5.41) is 4.48. The minimum absolute atomic E-state index is 0.122. The maximum Gasteiger partial charge on any atom is 0.239 e. The van der Waals surface area contributed by atoms with Crippen LogP contribution >= 0.6 is 0 Å². The molecule has 4 heteroatoms. The number of hydrogen-bond donors (Lipinski definition) is 1. The zero-order valence-electron chi connectivity index (χ0n) is 13.2. The third-order valence-electron chi connectivity index (χ3n) is 3.55. The minimum Gasteiger partial charge on any atom is -0.464 e. The highest BCUT2D eigenvalue weighted by Crippen LogP contribution is 2.20. The zero-order chi connectivity index (χ0) is 15.4. The molecule has 4 nitrogen and oxygen atoms in total. The van der Waals surface area contributed by atoms with Crippen molar-refractivity contribution >= 4 is 16.9 Å². The lowest BCUT2D eigenvalue weighted by molar-refractivity contribution is -0.131. The number of amides is 1. The van der Waals surface area contributed by atoms with E-state index in [1.807, 2.05) is 24.3 Å². The molecule has 1 atom stereocenters. The molecule has 0 fully saturated rings. The van der Waals surface area contributed by atoms with E-state index in [1.165, 1.54) is 0 Å². The van der Waals surface area contributed by atoms with Gasteiger partial charge in [-0.2, -0.15) is 0 Å². The molecule has 1 N–H and O–H groups in total. The Kier molecular flexibility index (Phi) is 5.02. The molecule has 0 aliphatic heterocycles. The molecule has 1 aromatic carbocycles. The molecule has 0 saturated carbocycles. The van der Waals surface area contributed by atoms with Gasteiger partial charge in [-0.05, 0) is 18.4 Å². The fraction of sp³-hybridized carbons (Fsp3) is 0.471. The molecular weight excluding hydrogens is 264 g/mol. The van der Waals surface area contributed by atoms with Crippen molar-refractivity contribution in [2.75, 3.05) is 14.1 Å². The van der Waals surface area contributed by atoms with Crippen molar-refractivity contribution in [3.8, 4) is 0 Å². The van der Waals surface area contributed by atoms with Gasteiger partial charge in [-0.25, -0.2) is 0 Å². The summed E-state index contributed by atoms with van der Waals surface area (Å²) < 4.78 is 5.54. The quantitative estimate of drug-likeness (QED) is 0.888. The number of rotatable bonds is 6. The van der Waals surface area contributed by atoms with Gasteiger partial charge in [0.2, 0.25) is 5.91 Å². The third-order valence-corrected chi connectivity index (χ3v) is 3.55. The molecule has 0 aliphatic carbocycles. The van der Waals surface area contributed by atoms with E-state index in [4.69, 9.17) is 4.42 Å². The van der Waals surface area contributed by atoms with Gasteiger partial charge < -0.3 is 14.6 Å². The largest absolute Gasteiger partial charge is 0.464 e. The molecule has 0 saturated heterocycles. The summed E-state index contributed by atoms with van der Waals surface area (Å²) in [6.45, 7) is 4.89. The molecule has 0 spiro atoms. The fourth-order valence-electron chi connectivity index (χ4n) is 2.46. The first-order chi connectivity index (χ1) is 9.99. The van der Waals surface area contributed by atoms with E-state index >= 15 is 0 Å². The van der Waals surface area contributed by atoms with E-state index in [2.05, 4.69) is 19.2 Å². The van der Waals surface area contributed by atoms with Gasteiger partial charge in [0.05, 0.1) is 12.3 Å². The number of nitrogens with one attached hydrogen (secondary N) is 1. The van der Waals surface area contributed by atoms with Crippen molar-refractivity contribution in [3.05, 3.63) is 36.1 Å². The lowest BCUT2D eigenvalue weighted by atomic mass is 10.0. The second kappa shape index (κ2) is 6.76. The predicted molar refractivity (Wildman–Crippen MR) is 85.0 cm³/mol. The van der Waals surface area contributed by atoms with Crippen molar-refractivity contribution in [1.82, 2.24) is 10.2 Å². The first-order valence-corrected chi connectivity index (χ1v) is 7.38. The summed E-state index contributed by atoms with van der Waals surface area (Å²) >= 11 is 0. The highest BCUT2D eigenvalue weighted by Gasteiger charge is 2.21. The Hall–Kier alpha value is -1.81. The Bertz CT molecular complexity index is 602. The van der Waals surface area contributed by atoms with Crippen LogP contribution in [0.3, 0.4) is 0 Å². The van der Waals surface area contributed by atoms with Crippen LogP contribution in [0.1, 0.15) is 25.8 Å². The minimum atomic E-state index is -0.159. The average molecular weight is 288 g/mol. The maximum atomic E-state index is 12.2. The molecule has 114 valence electrons. The third kappa shape index (κ3) is 3.85. The molecule has 2 aromatic rings. The van der Waals surface area contributed by atoms with Crippen molar-refractivity contribution in [2.45, 2.75) is 32.9 Å². The number of likely N-dealkylation sites (N-methyl/N-ethyl adjacent to an activating group) is 1. The predicted octanol–water partition coefficient (Wildman–Crippen LogP) is 3.03. The van der Waals surface area contributed by atoms with Crippen LogP contribution < -0.4 is 5.32 Å². The molecule has 1 heterocycles. The average Bonchev–Trinajstić information content (AvgIpc) is 2.85. The Morgan fingerprint density at radius 3 is 2.67 bits per heavy atom. The van der Waals surface area contributed by atoms with Crippen molar-refractivity contribution in [2.24, 2.45) is 5.92 Å². The number of nitrogens with zero attached hydrogens (tertiary/aromatic N) is 1. The van der Waals surface area contributed by atoms with Crippen LogP contribution in [0.25, 0.3) is 11.0 Å². The summed E-state index contributed by atoms with van der Waals surface area (Å²) in [5.74, 6) is 0.587. The molecule has 0 bridgehead atoms. The summed E-state index contributed by atoms with van der Waals surface area (Å²) in [6, 6.07) is 7.79. The maximum absolute atomic E-state index is 12.2. The van der Waals surface area contributed by atoms with Gasteiger partial charge in [0.25, 0.3) is 0 Å². The van der Waals surface area contributed by atoms with Gasteiger partial charge >= 0.3 is 0 Å². The second-order valence-electron chi connectivity index (χ2n) is 6.05. The Morgan fingerprint density at radius 1 is 1.29 bits per heavy atom. The van der Waals surface area contributed by atoms with Crippen molar-refractivity contribution in [1.29, 1.82) is 0 Å². The van der Waals surface area contributed by atoms with Crippen LogP contribution in [-0.2, 0) is 11.3 Å². The SMILES string of the molecule is CC(C)CC(NCc1coc2ccccc12)C(=O)N(C)C. The van der Waals surface area contributed by atoms with Crippen LogP contribution in [0.2, 0.25) is 0 Å². The first kappa shape index (κ1) is 15.6. The number of carbonyl (C=O) groups excluding carboxylic acids is 1. The molecule has 0 radical (unpaired) electrons. The summed E-state index contributed by atoms with van der Waals surface area (Å²) in [7, 11) is 3.59. The van der Waals surface area contributed by atoms with Crippen LogP contribution in [0.5, 0.6) is 0 Å². The Balaban J connectivity index is 2.09. The van der Waals surface area contributed by atoms with Crippen LogP contribution in [0, 0.1) is 5.92 Å². The smallest absolute Gasteiger partial charge is 0.239 e. The van der Waals surface area contributed by atoms with E-state index in [0.29, 0.717) is 12.5 Å². The monoisotopic (exact) mass is 288 g/mol. The Labute approximate surface area is 126 Å². The van der Waals surface area contributed by atoms with Gasteiger partial charge in [0.15, 0.2) is 0 Å².